The van der Waals surface area contributed by atoms with Gasteiger partial charge in [0, 0.05) is 38.4 Å². The van der Waals surface area contributed by atoms with Crippen molar-refractivity contribution >= 4 is 8.07 Å². The molecule has 0 aliphatic heterocycles. The summed E-state index contributed by atoms with van der Waals surface area (Å²) in [5.74, 6) is -0.200. The van der Waals surface area contributed by atoms with Crippen molar-refractivity contribution in [2.24, 2.45) is 5.92 Å². The monoisotopic (exact) mass is 326 g/mol. The maximum Gasteiger partial charge on any atom is 0.328 e. The molecule has 0 spiro atoms. The molecule has 1 heterocycles. The van der Waals surface area contributed by atoms with E-state index in [0.29, 0.717) is 24.8 Å². The second-order valence-electron chi connectivity index (χ2n) is 7.52. The molecule has 124 valence electrons. The fourth-order valence-electron chi connectivity index (χ4n) is 2.98. The van der Waals surface area contributed by atoms with Gasteiger partial charge >= 0.3 is 5.69 Å². The molecule has 6 nitrogen and oxygen atoms in total. The average Bonchev–Trinajstić information content (AvgIpc) is 2.77. The molecule has 1 aliphatic carbocycles. The highest BCUT2D eigenvalue weighted by atomic mass is 28.3. The van der Waals surface area contributed by atoms with Crippen LogP contribution in [0.1, 0.15) is 24.4 Å². The summed E-state index contributed by atoms with van der Waals surface area (Å²) in [5.41, 5.74) is -0.113. The second kappa shape index (κ2) is 6.52. The van der Waals surface area contributed by atoms with Gasteiger partial charge in [0.15, 0.2) is 0 Å². The number of aromatic nitrogens is 2. The van der Waals surface area contributed by atoms with E-state index in [4.69, 9.17) is 0 Å². The predicted octanol–water partition coefficient (Wildman–Crippen LogP) is 0.722. The van der Waals surface area contributed by atoms with Gasteiger partial charge in [-0.25, -0.2) is 4.79 Å². The first-order valence-electron chi connectivity index (χ1n) is 7.84. The van der Waals surface area contributed by atoms with E-state index >= 15 is 0 Å². The molecule has 1 aromatic rings. The van der Waals surface area contributed by atoms with Crippen molar-refractivity contribution in [3.63, 3.8) is 0 Å². The van der Waals surface area contributed by atoms with Crippen LogP contribution in [0.25, 0.3) is 0 Å². The highest BCUT2D eigenvalue weighted by Gasteiger charge is 2.34. The van der Waals surface area contributed by atoms with Gasteiger partial charge in [-0.15, -0.1) is 0 Å². The number of aryl methyl sites for hydroxylation is 1. The van der Waals surface area contributed by atoms with Crippen LogP contribution in [0.3, 0.4) is 0 Å². The fourth-order valence-corrected chi connectivity index (χ4v) is 4.00. The number of H-pyrrole nitrogens is 1. The molecule has 1 saturated carbocycles. The van der Waals surface area contributed by atoms with E-state index in [1.54, 1.807) is 6.20 Å². The number of hydrogen-bond donors (Lipinski definition) is 3. The van der Waals surface area contributed by atoms with Crippen molar-refractivity contribution in [1.29, 1.82) is 0 Å². The lowest BCUT2D eigenvalue weighted by atomic mass is 10.1. The van der Waals surface area contributed by atoms with E-state index in [0.717, 1.165) is 6.04 Å². The summed E-state index contributed by atoms with van der Waals surface area (Å²) in [6.07, 6.45) is 2.71. The van der Waals surface area contributed by atoms with Crippen molar-refractivity contribution in [3.8, 4) is 0 Å². The summed E-state index contributed by atoms with van der Waals surface area (Å²) in [5, 5.41) is 19.1. The van der Waals surface area contributed by atoms with Crippen LogP contribution in [-0.4, -0.2) is 40.5 Å². The molecular formula is C15H26N2O4Si. The van der Waals surface area contributed by atoms with Crippen LogP contribution in [0, 0.1) is 5.92 Å². The first-order chi connectivity index (χ1) is 10.2. The van der Waals surface area contributed by atoms with Crippen molar-refractivity contribution in [1.82, 2.24) is 9.55 Å². The molecule has 1 aliphatic rings. The van der Waals surface area contributed by atoms with Gasteiger partial charge in [0.25, 0.3) is 5.56 Å². The number of aliphatic hydroxyl groups is 2. The van der Waals surface area contributed by atoms with Gasteiger partial charge in [0.1, 0.15) is 0 Å². The van der Waals surface area contributed by atoms with Gasteiger partial charge in [0.05, 0.1) is 6.10 Å². The summed E-state index contributed by atoms with van der Waals surface area (Å²) in [4.78, 5) is 26.4. The molecule has 0 unspecified atom stereocenters. The van der Waals surface area contributed by atoms with Gasteiger partial charge in [-0.05, 0) is 19.3 Å². The number of aliphatic hydroxyl groups excluding tert-OH is 2. The highest BCUT2D eigenvalue weighted by molar-refractivity contribution is 6.76. The Morgan fingerprint density at radius 1 is 1.32 bits per heavy atom. The number of hydrogen-bond acceptors (Lipinski definition) is 4. The molecule has 3 N–H and O–H groups in total. The average molecular weight is 326 g/mol. The van der Waals surface area contributed by atoms with Crippen molar-refractivity contribution < 1.29 is 10.2 Å². The van der Waals surface area contributed by atoms with E-state index in [2.05, 4.69) is 24.6 Å². The quantitative estimate of drug-likeness (QED) is 0.695. The van der Waals surface area contributed by atoms with E-state index in [9.17, 15) is 19.8 Å². The maximum atomic E-state index is 12.1. The zero-order chi connectivity index (χ0) is 16.5. The molecule has 2 rings (SSSR count). The lowest BCUT2D eigenvalue weighted by Crippen LogP contribution is -2.34. The topological polar surface area (TPSA) is 95.3 Å². The molecule has 22 heavy (non-hydrogen) atoms. The van der Waals surface area contributed by atoms with Gasteiger partial charge in [-0.1, -0.05) is 25.7 Å². The van der Waals surface area contributed by atoms with E-state index < -0.39 is 19.9 Å². The Bertz CT molecular complexity index is 632. The van der Waals surface area contributed by atoms with Gasteiger partial charge in [-0.3, -0.25) is 14.3 Å². The van der Waals surface area contributed by atoms with Crippen LogP contribution in [0.2, 0.25) is 25.7 Å². The zero-order valence-electron chi connectivity index (χ0n) is 13.5. The van der Waals surface area contributed by atoms with Crippen LogP contribution in [-0.2, 0) is 6.42 Å². The summed E-state index contributed by atoms with van der Waals surface area (Å²) in [7, 11) is -1.27. The minimum Gasteiger partial charge on any atom is -0.396 e. The van der Waals surface area contributed by atoms with E-state index in [1.165, 1.54) is 4.57 Å². The van der Waals surface area contributed by atoms with Crippen molar-refractivity contribution in [2.45, 2.75) is 57.1 Å². The molecule has 0 aromatic carbocycles. The summed E-state index contributed by atoms with van der Waals surface area (Å²) in [6.45, 7) is 6.65. The minimum atomic E-state index is -1.27. The molecule has 3 atom stereocenters. The molecule has 7 heteroatoms. The maximum absolute atomic E-state index is 12.1. The van der Waals surface area contributed by atoms with Gasteiger partial charge in [-0.2, -0.15) is 0 Å². The molecule has 1 fully saturated rings. The van der Waals surface area contributed by atoms with Gasteiger partial charge in [0.2, 0.25) is 0 Å². The predicted molar refractivity (Wildman–Crippen MR) is 88.0 cm³/mol. The number of nitrogens with one attached hydrogen (secondary N) is 1. The lowest BCUT2D eigenvalue weighted by Gasteiger charge is -2.17. The standard InChI is InChI=1S/C15H26N2O4Si/c1-22(2,3)5-4-10-8-17(15(21)16-14(10)20)12-6-11(9-18)13(19)7-12/h8,11-13,18-19H,4-7,9H2,1-3H3,(H,16,20,21)/t11-,12-,13+/m0/s1. The fraction of sp³-hybridized carbons (Fsp3) is 0.733. The summed E-state index contributed by atoms with van der Waals surface area (Å²) >= 11 is 0. The number of rotatable bonds is 5. The van der Waals surface area contributed by atoms with Crippen LogP contribution in [0.15, 0.2) is 15.8 Å². The third kappa shape index (κ3) is 3.96. The minimum absolute atomic E-state index is 0.0851. The third-order valence-corrected chi connectivity index (χ3v) is 6.20. The molecule has 0 amide bonds. The summed E-state index contributed by atoms with van der Waals surface area (Å²) < 4.78 is 1.53. The Morgan fingerprint density at radius 3 is 2.55 bits per heavy atom. The lowest BCUT2D eigenvalue weighted by molar-refractivity contribution is 0.0906. The summed E-state index contributed by atoms with van der Waals surface area (Å²) in [6, 6.07) is 0.822. The first-order valence-corrected chi connectivity index (χ1v) is 11.6. The Morgan fingerprint density at radius 2 is 2.00 bits per heavy atom. The Labute approximate surface area is 130 Å². The Kier molecular flexibility index (Phi) is 5.09. The van der Waals surface area contributed by atoms with E-state index in [1.807, 2.05) is 0 Å². The number of nitrogens with zero attached hydrogens (tertiary/aromatic N) is 1. The molecular weight excluding hydrogens is 300 g/mol. The van der Waals surface area contributed by atoms with Crippen molar-refractivity contribution in [3.05, 3.63) is 32.6 Å². The first kappa shape index (κ1) is 17.2. The largest absolute Gasteiger partial charge is 0.396 e. The van der Waals surface area contributed by atoms with Crippen LogP contribution in [0.4, 0.5) is 0 Å². The third-order valence-electron chi connectivity index (χ3n) is 4.45. The van der Waals surface area contributed by atoms with Crippen LogP contribution >= 0.6 is 0 Å². The smallest absolute Gasteiger partial charge is 0.328 e. The molecule has 0 saturated heterocycles. The van der Waals surface area contributed by atoms with E-state index in [-0.39, 0.29) is 24.1 Å². The normalized spacial score (nSPS) is 25.6. The molecule has 1 aromatic heterocycles. The van der Waals surface area contributed by atoms with Gasteiger partial charge < -0.3 is 10.2 Å². The number of aromatic amines is 1. The van der Waals surface area contributed by atoms with Crippen LogP contribution < -0.4 is 11.2 Å². The Hall–Kier alpha value is -1.18. The SMILES string of the molecule is C[Si](C)(C)CCc1cn([C@H]2C[C@@H](CO)[C@H](O)C2)c(=O)[nH]c1=O. The van der Waals surface area contributed by atoms with Crippen molar-refractivity contribution in [2.75, 3.05) is 6.61 Å². The highest BCUT2D eigenvalue weighted by Crippen LogP contribution is 2.33. The zero-order valence-corrected chi connectivity index (χ0v) is 14.5. The molecule has 0 radical (unpaired) electrons. The second-order valence-corrected chi connectivity index (χ2v) is 13.1. The Balaban J connectivity index is 2.26. The molecule has 0 bridgehead atoms. The van der Waals surface area contributed by atoms with Crippen LogP contribution in [0.5, 0.6) is 0 Å².